The minimum Gasteiger partial charge on any atom is -0.481 e. The molecule has 0 aliphatic heterocycles. The fourth-order valence-electron chi connectivity index (χ4n) is 7.71. The van der Waals surface area contributed by atoms with E-state index in [1.54, 1.807) is 6.08 Å². The summed E-state index contributed by atoms with van der Waals surface area (Å²) in [5, 5.41) is 41.6. The number of aliphatic carboxylic acids is 2. The Bertz CT molecular complexity index is 818. The fourth-order valence-corrected chi connectivity index (χ4v) is 7.71. The molecule has 0 spiro atoms. The van der Waals surface area contributed by atoms with Gasteiger partial charge in [0.15, 0.2) is 5.78 Å². The smallest absolute Gasteiger partial charge is 0.307 e. The Morgan fingerprint density at radius 2 is 1.77 bits per heavy atom. The molecule has 2 unspecified atom stereocenters. The zero-order chi connectivity index (χ0) is 22.1. The highest BCUT2D eigenvalue weighted by atomic mass is 16.4. The highest BCUT2D eigenvalue weighted by molar-refractivity contribution is 5.92. The average Bonchev–Trinajstić information content (AvgIpc) is 2.92. The lowest BCUT2D eigenvalue weighted by Gasteiger charge is -2.61. The Morgan fingerprint density at radius 3 is 2.40 bits per heavy atom. The molecule has 30 heavy (non-hydrogen) atoms. The van der Waals surface area contributed by atoms with Crippen molar-refractivity contribution in [2.45, 2.75) is 76.9 Å². The SMILES string of the molecule is C[C@]12CC[C@H]3[C@@H](C(C(=O)O)CC4=CC(=O)CC(O)[C@@]43C)[C@@H]1CC[C@]2(O)CCC(=O)O. The van der Waals surface area contributed by atoms with Gasteiger partial charge in [0.2, 0.25) is 0 Å². The van der Waals surface area contributed by atoms with Gasteiger partial charge in [-0.15, -0.1) is 0 Å². The van der Waals surface area contributed by atoms with E-state index in [2.05, 4.69) is 0 Å². The maximum atomic E-state index is 12.3. The van der Waals surface area contributed by atoms with Crippen molar-refractivity contribution >= 4 is 17.7 Å². The van der Waals surface area contributed by atoms with E-state index < -0.39 is 40.4 Å². The monoisotopic (exact) mass is 420 g/mol. The maximum absolute atomic E-state index is 12.3. The molecule has 0 aromatic carbocycles. The quantitative estimate of drug-likeness (QED) is 0.549. The third kappa shape index (κ3) is 2.81. The number of carbonyl (C=O) groups excluding carboxylic acids is 1. The van der Waals surface area contributed by atoms with E-state index in [1.165, 1.54) is 0 Å². The Hall–Kier alpha value is -1.73. The molecule has 7 nitrogen and oxygen atoms in total. The van der Waals surface area contributed by atoms with Gasteiger partial charge in [-0.3, -0.25) is 14.4 Å². The zero-order valence-electron chi connectivity index (χ0n) is 17.6. The Kier molecular flexibility index (Phi) is 4.94. The van der Waals surface area contributed by atoms with Crippen molar-refractivity contribution in [2.24, 2.45) is 34.5 Å². The van der Waals surface area contributed by atoms with E-state index in [9.17, 15) is 29.7 Å². The molecule has 0 heterocycles. The van der Waals surface area contributed by atoms with Crippen molar-refractivity contribution in [3.63, 3.8) is 0 Å². The second-order valence-electron chi connectivity index (χ2n) is 10.5. The highest BCUT2D eigenvalue weighted by Crippen LogP contribution is 2.69. The molecule has 3 fully saturated rings. The van der Waals surface area contributed by atoms with Crippen LogP contribution in [0.4, 0.5) is 0 Å². The van der Waals surface area contributed by atoms with Crippen LogP contribution in [0.1, 0.15) is 65.2 Å². The number of carbonyl (C=O) groups is 3. The molecule has 4 N–H and O–H groups in total. The molecular weight excluding hydrogens is 388 g/mol. The van der Waals surface area contributed by atoms with E-state index in [0.717, 1.165) is 5.57 Å². The van der Waals surface area contributed by atoms with Crippen LogP contribution in [-0.4, -0.2) is 49.9 Å². The van der Waals surface area contributed by atoms with Crippen LogP contribution in [0.5, 0.6) is 0 Å². The summed E-state index contributed by atoms with van der Waals surface area (Å²) in [7, 11) is 0. The van der Waals surface area contributed by atoms with Crippen LogP contribution in [0.25, 0.3) is 0 Å². The van der Waals surface area contributed by atoms with Crippen molar-refractivity contribution in [1.82, 2.24) is 0 Å². The number of ketones is 1. The summed E-state index contributed by atoms with van der Waals surface area (Å²) in [6.07, 6.45) is 3.53. The fraction of sp³-hybridized carbons (Fsp3) is 0.783. The van der Waals surface area contributed by atoms with Gasteiger partial charge in [-0.1, -0.05) is 19.4 Å². The van der Waals surface area contributed by atoms with E-state index in [0.29, 0.717) is 25.7 Å². The number of rotatable bonds is 4. The second-order valence-corrected chi connectivity index (χ2v) is 10.5. The van der Waals surface area contributed by atoms with Gasteiger partial charge < -0.3 is 20.4 Å². The van der Waals surface area contributed by atoms with E-state index in [-0.39, 0.29) is 49.2 Å². The number of carboxylic acids is 2. The summed E-state index contributed by atoms with van der Waals surface area (Å²) < 4.78 is 0. The van der Waals surface area contributed by atoms with Crippen molar-refractivity contribution < 1.29 is 34.8 Å². The van der Waals surface area contributed by atoms with Crippen LogP contribution >= 0.6 is 0 Å². The first-order chi connectivity index (χ1) is 13.9. The third-order valence-electron chi connectivity index (χ3n) is 9.51. The van der Waals surface area contributed by atoms with Gasteiger partial charge in [-0.05, 0) is 67.8 Å². The minimum absolute atomic E-state index is 0.0562. The summed E-state index contributed by atoms with van der Waals surface area (Å²) in [4.78, 5) is 35.5. The number of hydrogen-bond donors (Lipinski definition) is 4. The summed E-state index contributed by atoms with van der Waals surface area (Å²) >= 11 is 0. The van der Waals surface area contributed by atoms with Gasteiger partial charge in [-0.25, -0.2) is 0 Å². The molecule has 3 saturated carbocycles. The third-order valence-corrected chi connectivity index (χ3v) is 9.51. The van der Waals surface area contributed by atoms with Gasteiger partial charge in [-0.2, -0.15) is 0 Å². The lowest BCUT2D eigenvalue weighted by molar-refractivity contribution is -0.174. The molecule has 4 rings (SSSR count). The minimum atomic E-state index is -1.12. The second kappa shape index (κ2) is 6.89. The number of fused-ring (bicyclic) bond motifs is 5. The molecule has 0 radical (unpaired) electrons. The Labute approximate surface area is 176 Å². The Morgan fingerprint density at radius 1 is 1.10 bits per heavy atom. The van der Waals surface area contributed by atoms with Crippen LogP contribution in [0, 0.1) is 34.5 Å². The van der Waals surface area contributed by atoms with Gasteiger partial charge in [0, 0.05) is 18.3 Å². The van der Waals surface area contributed by atoms with Crippen molar-refractivity contribution in [3.8, 4) is 0 Å². The molecule has 166 valence electrons. The first kappa shape index (κ1) is 21.5. The van der Waals surface area contributed by atoms with E-state index >= 15 is 0 Å². The van der Waals surface area contributed by atoms with Gasteiger partial charge in [0.25, 0.3) is 0 Å². The molecule has 8 atom stereocenters. The van der Waals surface area contributed by atoms with Crippen molar-refractivity contribution in [1.29, 1.82) is 0 Å². The summed E-state index contributed by atoms with van der Waals surface area (Å²) in [5.74, 6) is -3.01. The van der Waals surface area contributed by atoms with Crippen molar-refractivity contribution in [2.75, 3.05) is 0 Å². The average molecular weight is 421 g/mol. The first-order valence-electron chi connectivity index (χ1n) is 11.0. The van der Waals surface area contributed by atoms with Crippen LogP contribution in [0.3, 0.4) is 0 Å². The number of aliphatic hydroxyl groups is 2. The summed E-state index contributed by atoms with van der Waals surface area (Å²) in [6.45, 7) is 3.97. The molecule has 4 aliphatic rings. The molecular formula is C23H32O7. The number of hydrogen-bond acceptors (Lipinski definition) is 5. The Balaban J connectivity index is 1.75. The van der Waals surface area contributed by atoms with Gasteiger partial charge in [0.05, 0.1) is 17.6 Å². The number of carboxylic acid groups (broad SMARTS) is 2. The lowest BCUT2D eigenvalue weighted by Crippen LogP contribution is -2.60. The van der Waals surface area contributed by atoms with Crippen LogP contribution < -0.4 is 0 Å². The largest absolute Gasteiger partial charge is 0.481 e. The molecule has 0 amide bonds. The molecule has 0 aromatic rings. The molecule has 7 heteroatoms. The molecule has 0 saturated heterocycles. The highest BCUT2D eigenvalue weighted by Gasteiger charge is 2.67. The van der Waals surface area contributed by atoms with Crippen LogP contribution in [0.15, 0.2) is 11.6 Å². The predicted octanol–water partition coefficient (Wildman–Crippen LogP) is 2.40. The van der Waals surface area contributed by atoms with E-state index in [4.69, 9.17) is 5.11 Å². The lowest BCUT2D eigenvalue weighted by atomic mass is 9.43. The first-order valence-corrected chi connectivity index (χ1v) is 11.0. The standard InChI is InChI=1S/C23H32O7/c1-21-6-3-16-19(15(21)4-7-23(21,30)8-5-18(26)27)14(20(28)29)10-12-9-13(24)11-17(25)22(12,16)2/h9,14-17,19,25,30H,3-8,10-11H2,1-2H3,(H,26,27)(H,28,29)/t14?,15-,16-,17?,19-,21-,22-,23-/m0/s1. The maximum Gasteiger partial charge on any atom is 0.307 e. The van der Waals surface area contributed by atoms with E-state index in [1.807, 2.05) is 13.8 Å². The van der Waals surface area contributed by atoms with Gasteiger partial charge >= 0.3 is 11.9 Å². The normalized spacial score (nSPS) is 47.7. The molecule has 0 bridgehead atoms. The molecule has 4 aliphatic carbocycles. The van der Waals surface area contributed by atoms with Crippen molar-refractivity contribution in [3.05, 3.63) is 11.6 Å². The number of aliphatic hydroxyl groups excluding tert-OH is 1. The topological polar surface area (TPSA) is 132 Å². The predicted molar refractivity (Wildman–Crippen MR) is 106 cm³/mol. The summed E-state index contributed by atoms with van der Waals surface area (Å²) in [6, 6.07) is 0. The zero-order valence-corrected chi connectivity index (χ0v) is 17.6. The van der Waals surface area contributed by atoms with Crippen LogP contribution in [-0.2, 0) is 14.4 Å². The summed E-state index contributed by atoms with van der Waals surface area (Å²) in [5.41, 5.74) is -1.55. The van der Waals surface area contributed by atoms with Crippen LogP contribution in [0.2, 0.25) is 0 Å². The van der Waals surface area contributed by atoms with Gasteiger partial charge in [0.1, 0.15) is 0 Å². The molecule has 0 aromatic heterocycles.